The van der Waals surface area contributed by atoms with Crippen LogP contribution in [0.25, 0.3) is 0 Å². The summed E-state index contributed by atoms with van der Waals surface area (Å²) in [5.74, 6) is 0.692. The van der Waals surface area contributed by atoms with Gasteiger partial charge in [-0.2, -0.15) is 5.26 Å². The molecule has 1 saturated heterocycles. The normalized spacial score (nSPS) is 23.8. The third-order valence-corrected chi connectivity index (χ3v) is 4.14. The smallest absolute Gasteiger partial charge is 0.183 e. The summed E-state index contributed by atoms with van der Waals surface area (Å²) in [6.07, 6.45) is 7.84. The van der Waals surface area contributed by atoms with Gasteiger partial charge < -0.3 is 9.64 Å². The van der Waals surface area contributed by atoms with Gasteiger partial charge in [-0.15, -0.1) is 0 Å². The molecule has 5 nitrogen and oxygen atoms in total. The van der Waals surface area contributed by atoms with Crippen LogP contribution >= 0.6 is 0 Å². The molecule has 0 atom stereocenters. The van der Waals surface area contributed by atoms with Crippen LogP contribution in [0.1, 0.15) is 45.2 Å². The summed E-state index contributed by atoms with van der Waals surface area (Å²) in [7, 11) is 0. The van der Waals surface area contributed by atoms with Crippen molar-refractivity contribution >= 4 is 5.82 Å². The van der Waals surface area contributed by atoms with Gasteiger partial charge in [-0.1, -0.05) is 12.8 Å². The molecule has 1 saturated carbocycles. The molecule has 1 aromatic heterocycles. The van der Waals surface area contributed by atoms with E-state index in [0.29, 0.717) is 11.5 Å². The molecule has 5 heteroatoms. The van der Waals surface area contributed by atoms with E-state index in [1.54, 1.807) is 12.4 Å². The summed E-state index contributed by atoms with van der Waals surface area (Å²) >= 11 is 0. The number of nitriles is 1. The number of nitrogens with zero attached hydrogens (tertiary/aromatic N) is 4. The first-order valence-corrected chi connectivity index (χ1v) is 7.20. The number of ether oxygens (including phenoxy) is 1. The fourth-order valence-electron chi connectivity index (χ4n) is 3.58. The standard InChI is InChI=1S/C15H20N4O/c1-14(2)10-19(11-15(20-14)5-3-4-6-15)13-12(9-16)17-7-8-18-13/h7-8H,3-6,10-11H2,1-2H3. The van der Waals surface area contributed by atoms with Gasteiger partial charge in [0.15, 0.2) is 11.5 Å². The van der Waals surface area contributed by atoms with Crippen LogP contribution < -0.4 is 4.90 Å². The first-order valence-electron chi connectivity index (χ1n) is 7.20. The van der Waals surface area contributed by atoms with Gasteiger partial charge in [0.05, 0.1) is 11.2 Å². The molecule has 1 aliphatic carbocycles. The van der Waals surface area contributed by atoms with Crippen molar-refractivity contribution in [3.05, 3.63) is 18.1 Å². The van der Waals surface area contributed by atoms with Gasteiger partial charge in [0.25, 0.3) is 0 Å². The lowest BCUT2D eigenvalue weighted by Gasteiger charge is -2.49. The zero-order valence-corrected chi connectivity index (χ0v) is 12.1. The van der Waals surface area contributed by atoms with Gasteiger partial charge >= 0.3 is 0 Å². The summed E-state index contributed by atoms with van der Waals surface area (Å²) in [6.45, 7) is 5.77. The van der Waals surface area contributed by atoms with E-state index in [1.807, 2.05) is 0 Å². The van der Waals surface area contributed by atoms with Crippen LogP contribution in [0.3, 0.4) is 0 Å². The molecule has 2 heterocycles. The summed E-state index contributed by atoms with van der Waals surface area (Å²) < 4.78 is 6.37. The fourth-order valence-corrected chi connectivity index (χ4v) is 3.58. The van der Waals surface area contributed by atoms with Gasteiger partial charge in [-0.05, 0) is 26.7 Å². The summed E-state index contributed by atoms with van der Waals surface area (Å²) in [6, 6.07) is 2.14. The highest BCUT2D eigenvalue weighted by molar-refractivity contribution is 5.50. The lowest BCUT2D eigenvalue weighted by molar-refractivity contribution is -0.148. The van der Waals surface area contributed by atoms with E-state index in [1.165, 1.54) is 12.8 Å². The maximum absolute atomic E-state index is 9.23. The molecule has 3 rings (SSSR count). The molecule has 0 bridgehead atoms. The molecule has 0 N–H and O–H groups in total. The zero-order chi connectivity index (χ0) is 14.2. The first kappa shape index (κ1) is 13.3. The second kappa shape index (κ2) is 4.71. The summed E-state index contributed by atoms with van der Waals surface area (Å²) in [5.41, 5.74) is 0.0945. The van der Waals surface area contributed by atoms with Crippen LogP contribution in [0, 0.1) is 11.3 Å². The molecule has 0 amide bonds. The third-order valence-electron chi connectivity index (χ3n) is 4.14. The molecule has 2 fully saturated rings. The Kier molecular flexibility index (Phi) is 3.14. The molecule has 0 aromatic carbocycles. The predicted octanol–water partition coefficient (Wildman–Crippen LogP) is 2.28. The number of anilines is 1. The number of hydrogen-bond acceptors (Lipinski definition) is 5. The molecule has 0 radical (unpaired) electrons. The maximum Gasteiger partial charge on any atom is 0.183 e. The number of aromatic nitrogens is 2. The van der Waals surface area contributed by atoms with E-state index in [4.69, 9.17) is 4.74 Å². The van der Waals surface area contributed by atoms with E-state index in [0.717, 1.165) is 25.9 Å². The Morgan fingerprint density at radius 1 is 1.20 bits per heavy atom. The Hall–Kier alpha value is -1.67. The van der Waals surface area contributed by atoms with E-state index in [-0.39, 0.29) is 11.2 Å². The minimum atomic E-state index is -0.229. The van der Waals surface area contributed by atoms with Crippen LogP contribution in [0.5, 0.6) is 0 Å². The molecule has 1 aliphatic heterocycles. The van der Waals surface area contributed by atoms with Crippen molar-refractivity contribution in [1.29, 1.82) is 5.26 Å². The van der Waals surface area contributed by atoms with Crippen molar-refractivity contribution in [3.63, 3.8) is 0 Å². The van der Waals surface area contributed by atoms with Crippen LogP contribution in [-0.2, 0) is 4.74 Å². The molecular weight excluding hydrogens is 252 g/mol. The predicted molar refractivity (Wildman–Crippen MR) is 75.3 cm³/mol. The minimum Gasteiger partial charge on any atom is -0.365 e. The first-order chi connectivity index (χ1) is 9.54. The quantitative estimate of drug-likeness (QED) is 0.785. The second-order valence-electron chi connectivity index (χ2n) is 6.45. The van der Waals surface area contributed by atoms with Crippen molar-refractivity contribution < 1.29 is 4.74 Å². The van der Waals surface area contributed by atoms with Gasteiger partial charge in [0.1, 0.15) is 6.07 Å². The number of morpholine rings is 1. The van der Waals surface area contributed by atoms with Crippen LogP contribution in [-0.4, -0.2) is 34.3 Å². The lowest BCUT2D eigenvalue weighted by atomic mass is 9.94. The van der Waals surface area contributed by atoms with Crippen molar-refractivity contribution in [1.82, 2.24) is 9.97 Å². The van der Waals surface area contributed by atoms with E-state index < -0.39 is 0 Å². The van der Waals surface area contributed by atoms with Gasteiger partial charge in [0.2, 0.25) is 0 Å². The van der Waals surface area contributed by atoms with Crippen LogP contribution in [0.2, 0.25) is 0 Å². The molecule has 1 spiro atoms. The molecule has 106 valence electrons. The van der Waals surface area contributed by atoms with Crippen molar-refractivity contribution in [2.24, 2.45) is 0 Å². The Labute approximate surface area is 119 Å². The van der Waals surface area contributed by atoms with E-state index >= 15 is 0 Å². The Morgan fingerprint density at radius 3 is 2.60 bits per heavy atom. The highest BCUT2D eigenvalue weighted by Crippen LogP contribution is 2.41. The highest BCUT2D eigenvalue weighted by atomic mass is 16.5. The fraction of sp³-hybridized carbons (Fsp3) is 0.667. The molecule has 1 aromatic rings. The van der Waals surface area contributed by atoms with Crippen molar-refractivity contribution in [2.75, 3.05) is 18.0 Å². The third kappa shape index (κ3) is 2.36. The lowest BCUT2D eigenvalue weighted by Crippen LogP contribution is -2.59. The van der Waals surface area contributed by atoms with Crippen LogP contribution in [0.4, 0.5) is 5.82 Å². The van der Waals surface area contributed by atoms with Crippen molar-refractivity contribution in [2.45, 2.75) is 50.7 Å². The average molecular weight is 272 g/mol. The second-order valence-corrected chi connectivity index (χ2v) is 6.45. The molecule has 20 heavy (non-hydrogen) atoms. The molecule has 2 aliphatic rings. The minimum absolute atomic E-state index is 0.0774. The largest absolute Gasteiger partial charge is 0.365 e. The Morgan fingerprint density at radius 2 is 1.90 bits per heavy atom. The van der Waals surface area contributed by atoms with E-state index in [9.17, 15) is 5.26 Å². The highest BCUT2D eigenvalue weighted by Gasteiger charge is 2.46. The Bertz CT molecular complexity index is 543. The van der Waals surface area contributed by atoms with Gasteiger partial charge in [0, 0.05) is 25.5 Å². The topological polar surface area (TPSA) is 62.0 Å². The summed E-state index contributed by atoms with van der Waals surface area (Å²) in [5, 5.41) is 9.23. The molecule has 0 unspecified atom stereocenters. The van der Waals surface area contributed by atoms with Crippen LogP contribution in [0.15, 0.2) is 12.4 Å². The zero-order valence-electron chi connectivity index (χ0n) is 12.1. The summed E-state index contributed by atoms with van der Waals surface area (Å²) in [4.78, 5) is 10.7. The number of rotatable bonds is 1. The monoisotopic (exact) mass is 272 g/mol. The van der Waals surface area contributed by atoms with E-state index in [2.05, 4.69) is 34.8 Å². The molecular formula is C15H20N4O. The van der Waals surface area contributed by atoms with Gasteiger partial charge in [-0.3, -0.25) is 0 Å². The maximum atomic E-state index is 9.23. The Balaban J connectivity index is 1.95. The van der Waals surface area contributed by atoms with Crippen molar-refractivity contribution in [3.8, 4) is 6.07 Å². The SMILES string of the molecule is CC1(C)CN(c2nccnc2C#N)CC2(CCCC2)O1. The average Bonchev–Trinajstić information content (AvgIpc) is 2.84. The van der Waals surface area contributed by atoms with Gasteiger partial charge in [-0.25, -0.2) is 9.97 Å². The number of hydrogen-bond donors (Lipinski definition) is 0.